The molecule has 1 aromatic heterocycles. The van der Waals surface area contributed by atoms with E-state index in [2.05, 4.69) is 63.4 Å². The van der Waals surface area contributed by atoms with Gasteiger partial charge < -0.3 is 20.4 Å². The van der Waals surface area contributed by atoms with E-state index in [1.807, 2.05) is 13.2 Å². The third-order valence-corrected chi connectivity index (χ3v) is 4.57. The molecule has 0 aromatic carbocycles. The summed E-state index contributed by atoms with van der Waals surface area (Å²) in [7, 11) is 3.98. The summed E-state index contributed by atoms with van der Waals surface area (Å²) in [5.74, 6) is 2.68. The summed E-state index contributed by atoms with van der Waals surface area (Å²) >= 11 is 0. The first kappa shape index (κ1) is 19.5. The van der Waals surface area contributed by atoms with Crippen LogP contribution >= 0.6 is 0 Å². The number of nitrogens with one attached hydrogen (secondary N) is 2. The third-order valence-electron chi connectivity index (χ3n) is 4.57. The maximum atomic E-state index is 4.63. The predicted molar refractivity (Wildman–Crippen MR) is 106 cm³/mol. The van der Waals surface area contributed by atoms with Crippen molar-refractivity contribution in [3.8, 4) is 0 Å². The Morgan fingerprint density at radius 1 is 1.20 bits per heavy atom. The number of piperazine rings is 1. The molecular weight excluding hydrogens is 312 g/mol. The summed E-state index contributed by atoms with van der Waals surface area (Å²) in [6, 6.07) is 4.28. The van der Waals surface area contributed by atoms with Crippen LogP contribution in [0.4, 0.5) is 5.82 Å². The second-order valence-electron chi connectivity index (χ2n) is 7.20. The van der Waals surface area contributed by atoms with E-state index in [4.69, 9.17) is 0 Å². The van der Waals surface area contributed by atoms with Gasteiger partial charge >= 0.3 is 0 Å². The highest BCUT2D eigenvalue weighted by molar-refractivity contribution is 5.79. The Morgan fingerprint density at radius 3 is 2.56 bits per heavy atom. The minimum atomic E-state index is 0.736. The first-order valence-electron chi connectivity index (χ1n) is 9.41. The molecule has 6 heteroatoms. The second kappa shape index (κ2) is 10.2. The van der Waals surface area contributed by atoms with Gasteiger partial charge in [0, 0.05) is 52.5 Å². The van der Waals surface area contributed by atoms with Crippen molar-refractivity contribution in [3.05, 3.63) is 23.9 Å². The Morgan fingerprint density at radius 2 is 1.96 bits per heavy atom. The molecule has 6 nitrogen and oxygen atoms in total. The molecule has 0 unspecified atom stereocenters. The van der Waals surface area contributed by atoms with E-state index >= 15 is 0 Å². The van der Waals surface area contributed by atoms with Crippen LogP contribution in [-0.2, 0) is 6.54 Å². The van der Waals surface area contributed by atoms with Crippen LogP contribution in [0.3, 0.4) is 0 Å². The zero-order chi connectivity index (χ0) is 18.1. The van der Waals surface area contributed by atoms with Crippen molar-refractivity contribution in [1.29, 1.82) is 0 Å². The highest BCUT2D eigenvalue weighted by Crippen LogP contribution is 2.13. The first-order valence-corrected chi connectivity index (χ1v) is 9.41. The minimum Gasteiger partial charge on any atom is -0.356 e. The van der Waals surface area contributed by atoms with Gasteiger partial charge in [-0.05, 0) is 37.4 Å². The maximum absolute atomic E-state index is 4.63. The van der Waals surface area contributed by atoms with E-state index in [0.29, 0.717) is 0 Å². The lowest BCUT2D eigenvalue weighted by Gasteiger charge is -2.33. The van der Waals surface area contributed by atoms with Gasteiger partial charge in [0.05, 0.1) is 0 Å². The molecule has 1 aliphatic heterocycles. The maximum Gasteiger partial charge on any atom is 0.191 e. The summed E-state index contributed by atoms with van der Waals surface area (Å²) in [6.45, 7) is 10.5. The number of hydrogen-bond donors (Lipinski definition) is 2. The van der Waals surface area contributed by atoms with Crippen molar-refractivity contribution < 1.29 is 0 Å². The Balaban J connectivity index is 1.74. The quantitative estimate of drug-likeness (QED) is 0.449. The number of guanidine groups is 1. The number of nitrogens with zero attached hydrogens (tertiary/aromatic N) is 4. The van der Waals surface area contributed by atoms with Crippen molar-refractivity contribution in [1.82, 2.24) is 20.5 Å². The molecule has 25 heavy (non-hydrogen) atoms. The van der Waals surface area contributed by atoms with Crippen molar-refractivity contribution >= 4 is 11.8 Å². The SMILES string of the molecule is CN=C(NCCCC(C)C)NCc1ccc(N2CCN(C)CC2)nc1. The minimum absolute atomic E-state index is 0.736. The molecule has 2 N–H and O–H groups in total. The van der Waals surface area contributed by atoms with E-state index in [9.17, 15) is 0 Å². The molecule has 1 aromatic rings. The van der Waals surface area contributed by atoms with Gasteiger partial charge in [0.2, 0.25) is 0 Å². The van der Waals surface area contributed by atoms with Crippen molar-refractivity contribution in [2.75, 3.05) is 51.7 Å². The molecule has 1 aliphatic rings. The summed E-state index contributed by atoms with van der Waals surface area (Å²) in [5, 5.41) is 6.73. The number of pyridine rings is 1. The van der Waals surface area contributed by atoms with E-state index in [1.54, 1.807) is 0 Å². The van der Waals surface area contributed by atoms with Gasteiger partial charge in [-0.15, -0.1) is 0 Å². The average Bonchev–Trinajstić information content (AvgIpc) is 2.62. The fourth-order valence-corrected chi connectivity index (χ4v) is 2.87. The van der Waals surface area contributed by atoms with Crippen LogP contribution in [-0.4, -0.2) is 62.7 Å². The van der Waals surface area contributed by atoms with E-state index in [1.165, 1.54) is 18.4 Å². The predicted octanol–water partition coefficient (Wildman–Crippen LogP) is 1.93. The molecule has 1 fully saturated rings. The largest absolute Gasteiger partial charge is 0.356 e. The smallest absolute Gasteiger partial charge is 0.191 e. The van der Waals surface area contributed by atoms with Gasteiger partial charge in [-0.3, -0.25) is 4.99 Å². The molecule has 0 atom stereocenters. The standard InChI is InChI=1S/C19H34N6/c1-16(2)6-5-9-21-19(20-3)23-15-17-7-8-18(22-14-17)25-12-10-24(4)11-13-25/h7-8,14,16H,5-6,9-13,15H2,1-4H3,(H2,20,21,23). The van der Waals surface area contributed by atoms with Crippen LogP contribution in [0.2, 0.25) is 0 Å². The molecule has 2 rings (SSSR count). The molecule has 0 bridgehead atoms. The molecule has 0 aliphatic carbocycles. The average molecular weight is 347 g/mol. The zero-order valence-corrected chi connectivity index (χ0v) is 16.3. The monoisotopic (exact) mass is 346 g/mol. The number of rotatable bonds is 7. The molecule has 140 valence electrons. The Labute approximate surface area is 152 Å². The number of aliphatic imine (C=N–C) groups is 1. The molecule has 2 heterocycles. The lowest BCUT2D eigenvalue weighted by molar-refractivity contribution is 0.312. The molecule has 1 saturated heterocycles. The van der Waals surface area contributed by atoms with Crippen molar-refractivity contribution in [2.24, 2.45) is 10.9 Å². The fourth-order valence-electron chi connectivity index (χ4n) is 2.87. The van der Waals surface area contributed by atoms with Gasteiger partial charge in [0.15, 0.2) is 5.96 Å². The van der Waals surface area contributed by atoms with Gasteiger partial charge in [-0.1, -0.05) is 19.9 Å². The van der Waals surface area contributed by atoms with E-state index in [-0.39, 0.29) is 0 Å². The van der Waals surface area contributed by atoms with Gasteiger partial charge in [-0.25, -0.2) is 4.98 Å². The summed E-state index contributed by atoms with van der Waals surface area (Å²) in [5.41, 5.74) is 1.17. The topological polar surface area (TPSA) is 55.8 Å². The van der Waals surface area contributed by atoms with Crippen LogP contribution in [0.1, 0.15) is 32.3 Å². The fraction of sp³-hybridized carbons (Fsp3) is 0.684. The van der Waals surface area contributed by atoms with E-state index < -0.39 is 0 Å². The van der Waals surface area contributed by atoms with Crippen LogP contribution in [0, 0.1) is 5.92 Å². The number of likely N-dealkylation sites (N-methyl/N-ethyl adjacent to an activating group) is 1. The van der Waals surface area contributed by atoms with Crippen molar-refractivity contribution in [2.45, 2.75) is 33.2 Å². The van der Waals surface area contributed by atoms with Crippen molar-refractivity contribution in [3.63, 3.8) is 0 Å². The van der Waals surface area contributed by atoms with Gasteiger partial charge in [-0.2, -0.15) is 0 Å². The van der Waals surface area contributed by atoms with Crippen LogP contribution < -0.4 is 15.5 Å². The Hall–Kier alpha value is -1.82. The van der Waals surface area contributed by atoms with Gasteiger partial charge in [0.25, 0.3) is 0 Å². The Bertz CT molecular complexity index is 517. The molecule has 0 amide bonds. The summed E-state index contributed by atoms with van der Waals surface area (Å²) in [4.78, 5) is 13.6. The lowest BCUT2D eigenvalue weighted by atomic mass is 10.1. The summed E-state index contributed by atoms with van der Waals surface area (Å²) < 4.78 is 0. The second-order valence-corrected chi connectivity index (χ2v) is 7.20. The zero-order valence-electron chi connectivity index (χ0n) is 16.3. The third kappa shape index (κ3) is 6.90. The van der Waals surface area contributed by atoms with Crippen LogP contribution in [0.15, 0.2) is 23.3 Å². The lowest BCUT2D eigenvalue weighted by Crippen LogP contribution is -2.44. The molecule has 0 saturated carbocycles. The van der Waals surface area contributed by atoms with E-state index in [0.717, 1.165) is 57.0 Å². The van der Waals surface area contributed by atoms with Gasteiger partial charge in [0.1, 0.15) is 5.82 Å². The molecule has 0 spiro atoms. The first-order chi connectivity index (χ1) is 12.1. The number of aromatic nitrogens is 1. The number of anilines is 1. The highest BCUT2D eigenvalue weighted by atomic mass is 15.3. The molecule has 0 radical (unpaired) electrons. The normalized spacial score (nSPS) is 16.4. The van der Waals surface area contributed by atoms with Crippen LogP contribution in [0.5, 0.6) is 0 Å². The molecular formula is C19H34N6. The van der Waals surface area contributed by atoms with Crippen LogP contribution in [0.25, 0.3) is 0 Å². The Kier molecular flexibility index (Phi) is 7.98. The number of hydrogen-bond acceptors (Lipinski definition) is 4. The highest BCUT2D eigenvalue weighted by Gasteiger charge is 2.14. The summed E-state index contributed by atoms with van der Waals surface area (Å²) in [6.07, 6.45) is 4.37.